The molecule has 1 saturated heterocycles. The summed E-state index contributed by atoms with van der Waals surface area (Å²) >= 11 is 5.90. The highest BCUT2D eigenvalue weighted by molar-refractivity contribution is 6.34. The first-order valence-electron chi connectivity index (χ1n) is 7.45. The molecule has 2 N–H and O–H groups in total. The number of likely N-dealkylation sites (tertiary alicyclic amines) is 1. The Kier molecular flexibility index (Phi) is 5.59. The van der Waals surface area contributed by atoms with Crippen LogP contribution in [0.5, 0.6) is 0 Å². The van der Waals surface area contributed by atoms with Crippen molar-refractivity contribution in [2.75, 3.05) is 20.2 Å². The first kappa shape index (κ1) is 17.7. The van der Waals surface area contributed by atoms with Crippen molar-refractivity contribution < 1.29 is 18.7 Å². The quantitative estimate of drug-likeness (QED) is 0.892. The molecule has 1 fully saturated rings. The van der Waals surface area contributed by atoms with Gasteiger partial charge >= 0.3 is 0 Å². The van der Waals surface area contributed by atoms with E-state index in [4.69, 9.17) is 22.1 Å². The third-order valence-corrected chi connectivity index (χ3v) is 4.65. The summed E-state index contributed by atoms with van der Waals surface area (Å²) in [7, 11) is 1.56. The number of carbonyl (C=O) groups excluding carboxylic acids is 2. The zero-order valence-corrected chi connectivity index (χ0v) is 13.7. The van der Waals surface area contributed by atoms with E-state index in [9.17, 15) is 14.0 Å². The Morgan fingerprint density at radius 2 is 2.22 bits per heavy atom. The smallest absolute Gasteiger partial charge is 0.255 e. The maximum atomic E-state index is 13.6. The SMILES string of the molecule is CO[C@@]1(CCC(N)=O)CCCN(C(=O)c2cccc(F)c2Cl)C1. The highest BCUT2D eigenvalue weighted by Gasteiger charge is 2.38. The van der Waals surface area contributed by atoms with Crippen LogP contribution in [-0.4, -0.2) is 42.5 Å². The van der Waals surface area contributed by atoms with Crippen molar-refractivity contribution in [3.05, 3.63) is 34.6 Å². The van der Waals surface area contributed by atoms with E-state index in [-0.39, 0.29) is 22.9 Å². The lowest BCUT2D eigenvalue weighted by molar-refractivity contribution is -0.120. The van der Waals surface area contributed by atoms with Crippen LogP contribution >= 0.6 is 11.6 Å². The fraction of sp³-hybridized carbons (Fsp3) is 0.500. The van der Waals surface area contributed by atoms with Crippen molar-refractivity contribution >= 4 is 23.4 Å². The number of ether oxygens (including phenoxy) is 1. The van der Waals surface area contributed by atoms with Gasteiger partial charge in [0.1, 0.15) is 5.82 Å². The molecule has 0 aliphatic carbocycles. The maximum absolute atomic E-state index is 13.6. The number of halogens is 2. The molecule has 0 saturated carbocycles. The van der Waals surface area contributed by atoms with Crippen molar-refractivity contribution in [3.63, 3.8) is 0 Å². The van der Waals surface area contributed by atoms with Crippen LogP contribution in [0.2, 0.25) is 5.02 Å². The number of primary amides is 1. The fourth-order valence-corrected chi connectivity index (χ4v) is 3.14. The number of benzene rings is 1. The van der Waals surface area contributed by atoms with Gasteiger partial charge in [-0.1, -0.05) is 17.7 Å². The average Bonchev–Trinajstić information content (AvgIpc) is 2.55. The second-order valence-electron chi connectivity index (χ2n) is 5.79. The lowest BCUT2D eigenvalue weighted by Crippen LogP contribution is -2.51. The highest BCUT2D eigenvalue weighted by atomic mass is 35.5. The van der Waals surface area contributed by atoms with Gasteiger partial charge in [-0.15, -0.1) is 0 Å². The van der Waals surface area contributed by atoms with E-state index in [2.05, 4.69) is 0 Å². The standard InChI is InChI=1S/C16H20ClFN2O3/c1-23-16(8-6-13(19)21)7-3-9-20(10-16)15(22)11-4-2-5-12(18)14(11)17/h2,4-5H,3,6-10H2,1H3,(H2,19,21)/t16-/m1/s1. The summed E-state index contributed by atoms with van der Waals surface area (Å²) in [5, 5.41) is -0.178. The Labute approximate surface area is 139 Å². The molecule has 0 aromatic heterocycles. The number of piperidine rings is 1. The molecule has 1 aliphatic rings. The van der Waals surface area contributed by atoms with Crippen LogP contribution in [-0.2, 0) is 9.53 Å². The van der Waals surface area contributed by atoms with E-state index in [0.29, 0.717) is 19.5 Å². The second kappa shape index (κ2) is 7.27. The van der Waals surface area contributed by atoms with E-state index in [1.807, 2.05) is 0 Å². The average molecular weight is 343 g/mol. The lowest BCUT2D eigenvalue weighted by atomic mass is 9.87. The second-order valence-corrected chi connectivity index (χ2v) is 6.16. The molecule has 0 radical (unpaired) electrons. The van der Waals surface area contributed by atoms with Gasteiger partial charge < -0.3 is 15.4 Å². The molecule has 7 heteroatoms. The number of carbonyl (C=O) groups is 2. The summed E-state index contributed by atoms with van der Waals surface area (Å²) in [6.07, 6.45) is 2.10. The zero-order chi connectivity index (χ0) is 17.0. The van der Waals surface area contributed by atoms with Crippen molar-refractivity contribution in [2.24, 2.45) is 5.73 Å². The molecule has 1 heterocycles. The Hall–Kier alpha value is -1.66. The number of methoxy groups -OCH3 is 1. The van der Waals surface area contributed by atoms with E-state index < -0.39 is 17.3 Å². The van der Waals surface area contributed by atoms with Crippen LogP contribution in [0, 0.1) is 5.82 Å². The molecule has 5 nitrogen and oxygen atoms in total. The van der Waals surface area contributed by atoms with Gasteiger partial charge in [0, 0.05) is 26.6 Å². The van der Waals surface area contributed by atoms with Gasteiger partial charge in [0.15, 0.2) is 0 Å². The molecule has 1 atom stereocenters. The van der Waals surface area contributed by atoms with E-state index in [1.54, 1.807) is 12.0 Å². The van der Waals surface area contributed by atoms with Crippen LogP contribution < -0.4 is 5.73 Å². The summed E-state index contributed by atoms with van der Waals surface area (Å²) in [4.78, 5) is 25.3. The first-order valence-corrected chi connectivity index (χ1v) is 7.83. The minimum atomic E-state index is -0.624. The normalized spacial score (nSPS) is 21.3. The number of rotatable bonds is 5. The van der Waals surface area contributed by atoms with Crippen LogP contribution in [0.15, 0.2) is 18.2 Å². The van der Waals surface area contributed by atoms with Gasteiger partial charge in [0.25, 0.3) is 5.91 Å². The summed E-state index contributed by atoms with van der Waals surface area (Å²) in [5.41, 5.74) is 4.74. The van der Waals surface area contributed by atoms with Crippen molar-refractivity contribution in [1.29, 1.82) is 0 Å². The van der Waals surface area contributed by atoms with E-state index in [1.165, 1.54) is 18.2 Å². The summed E-state index contributed by atoms with van der Waals surface area (Å²) in [6.45, 7) is 0.857. The maximum Gasteiger partial charge on any atom is 0.255 e. The van der Waals surface area contributed by atoms with Crippen LogP contribution in [0.4, 0.5) is 4.39 Å². The van der Waals surface area contributed by atoms with Gasteiger partial charge in [-0.3, -0.25) is 9.59 Å². The summed E-state index contributed by atoms with van der Waals surface area (Å²) in [6, 6.07) is 4.16. The minimum Gasteiger partial charge on any atom is -0.376 e. The third-order valence-electron chi connectivity index (χ3n) is 4.27. The van der Waals surface area contributed by atoms with E-state index >= 15 is 0 Å². The monoisotopic (exact) mass is 342 g/mol. The minimum absolute atomic E-state index is 0.133. The number of nitrogens with zero attached hydrogens (tertiary/aromatic N) is 1. The molecule has 0 unspecified atom stereocenters. The molecular weight excluding hydrogens is 323 g/mol. The lowest BCUT2D eigenvalue weighted by Gasteiger charge is -2.42. The van der Waals surface area contributed by atoms with Crippen LogP contribution in [0.25, 0.3) is 0 Å². The molecule has 23 heavy (non-hydrogen) atoms. The van der Waals surface area contributed by atoms with Crippen molar-refractivity contribution in [2.45, 2.75) is 31.3 Å². The predicted molar refractivity (Wildman–Crippen MR) is 84.7 cm³/mol. The first-order chi connectivity index (χ1) is 10.9. The van der Waals surface area contributed by atoms with Gasteiger partial charge in [-0.25, -0.2) is 4.39 Å². The number of hydrogen-bond acceptors (Lipinski definition) is 3. The molecule has 0 spiro atoms. The van der Waals surface area contributed by atoms with Gasteiger partial charge in [-0.05, 0) is 31.4 Å². The number of hydrogen-bond donors (Lipinski definition) is 1. The molecule has 1 aromatic carbocycles. The van der Waals surface area contributed by atoms with Gasteiger partial charge in [0.2, 0.25) is 5.91 Å². The summed E-state index contributed by atoms with van der Waals surface area (Å²) < 4.78 is 19.1. The van der Waals surface area contributed by atoms with Gasteiger partial charge in [-0.2, -0.15) is 0 Å². The van der Waals surface area contributed by atoms with Crippen LogP contribution in [0.1, 0.15) is 36.0 Å². The largest absolute Gasteiger partial charge is 0.376 e. The van der Waals surface area contributed by atoms with Gasteiger partial charge in [0.05, 0.1) is 16.2 Å². The van der Waals surface area contributed by atoms with E-state index in [0.717, 1.165) is 12.8 Å². The Morgan fingerprint density at radius 1 is 1.48 bits per heavy atom. The zero-order valence-electron chi connectivity index (χ0n) is 13.0. The molecule has 126 valence electrons. The molecule has 0 bridgehead atoms. The fourth-order valence-electron chi connectivity index (χ4n) is 2.93. The highest BCUT2D eigenvalue weighted by Crippen LogP contribution is 2.31. The Bertz CT molecular complexity index is 611. The number of nitrogens with two attached hydrogens (primary N) is 1. The molecule has 2 amide bonds. The topological polar surface area (TPSA) is 72.6 Å². The van der Waals surface area contributed by atoms with Crippen molar-refractivity contribution in [3.8, 4) is 0 Å². The molecule has 1 aliphatic heterocycles. The number of amides is 2. The predicted octanol–water partition coefficient (Wildman–Crippen LogP) is 2.37. The van der Waals surface area contributed by atoms with Crippen LogP contribution in [0.3, 0.4) is 0 Å². The summed E-state index contributed by atoms with van der Waals surface area (Å²) in [5.74, 6) is -1.37. The molecular formula is C16H20ClFN2O3. The third kappa shape index (κ3) is 4.00. The molecule has 2 rings (SSSR count). The Morgan fingerprint density at radius 3 is 2.87 bits per heavy atom. The Balaban J connectivity index is 2.17. The van der Waals surface area contributed by atoms with Crippen molar-refractivity contribution in [1.82, 2.24) is 4.90 Å². The molecule has 1 aromatic rings.